The van der Waals surface area contributed by atoms with E-state index in [2.05, 4.69) is 35.1 Å². The van der Waals surface area contributed by atoms with E-state index in [1.54, 1.807) is 11.3 Å². The Bertz CT molecular complexity index is 361. The third-order valence-electron chi connectivity index (χ3n) is 2.38. The van der Waals surface area contributed by atoms with E-state index < -0.39 is 10.0 Å². The van der Waals surface area contributed by atoms with Crippen molar-refractivity contribution in [3.8, 4) is 0 Å². The first-order valence-corrected chi connectivity index (χ1v) is 7.35. The van der Waals surface area contributed by atoms with Crippen molar-refractivity contribution >= 4 is 26.3 Å². The van der Waals surface area contributed by atoms with Crippen LogP contribution < -0.4 is 11.5 Å². The van der Waals surface area contributed by atoms with Crippen LogP contribution in [-0.2, 0) is 0 Å². The Hall–Kier alpha value is -0.550. The molecule has 76 valence electrons. The Kier molecular flexibility index (Phi) is 2.78. The molecular formula is C10H14N2S2. The Morgan fingerprint density at radius 2 is 2.07 bits per heavy atom. The van der Waals surface area contributed by atoms with Gasteiger partial charge >= 0.3 is 0 Å². The Balaban J connectivity index is 2.38. The summed E-state index contributed by atoms with van der Waals surface area (Å²) in [7, 11) is -1.05. The van der Waals surface area contributed by atoms with E-state index in [9.17, 15) is 0 Å². The summed E-state index contributed by atoms with van der Waals surface area (Å²) in [6.45, 7) is 0. The van der Waals surface area contributed by atoms with E-state index >= 15 is 0 Å². The van der Waals surface area contributed by atoms with Crippen molar-refractivity contribution in [3.05, 3.63) is 40.0 Å². The van der Waals surface area contributed by atoms with Gasteiger partial charge in [0, 0.05) is 21.5 Å². The highest BCUT2D eigenvalue weighted by molar-refractivity contribution is 8.43. The Morgan fingerprint density at radius 3 is 2.64 bits per heavy atom. The zero-order valence-corrected chi connectivity index (χ0v) is 9.48. The highest BCUT2D eigenvalue weighted by Gasteiger charge is 2.27. The SMILES string of the molecule is NCS1(CN)C=CC=C1c1cccs1. The van der Waals surface area contributed by atoms with Gasteiger partial charge in [0.1, 0.15) is 0 Å². The van der Waals surface area contributed by atoms with E-state index in [0.29, 0.717) is 11.8 Å². The maximum Gasteiger partial charge on any atom is 0.0395 e. The Morgan fingerprint density at radius 1 is 1.29 bits per heavy atom. The lowest BCUT2D eigenvalue weighted by Gasteiger charge is -2.33. The van der Waals surface area contributed by atoms with Gasteiger partial charge in [0.15, 0.2) is 0 Å². The van der Waals surface area contributed by atoms with Crippen molar-refractivity contribution in [2.75, 3.05) is 11.8 Å². The molecule has 2 heterocycles. The van der Waals surface area contributed by atoms with Gasteiger partial charge in [-0.15, -0.1) is 11.3 Å². The molecule has 14 heavy (non-hydrogen) atoms. The summed E-state index contributed by atoms with van der Waals surface area (Å²) in [5.74, 6) is 1.31. The maximum absolute atomic E-state index is 5.85. The molecule has 0 saturated carbocycles. The predicted molar refractivity (Wildman–Crippen MR) is 67.1 cm³/mol. The molecule has 0 bridgehead atoms. The molecule has 0 aromatic carbocycles. The second-order valence-electron chi connectivity index (χ2n) is 3.11. The first-order chi connectivity index (χ1) is 6.82. The lowest BCUT2D eigenvalue weighted by molar-refractivity contribution is 1.32. The zero-order valence-electron chi connectivity index (χ0n) is 7.85. The van der Waals surface area contributed by atoms with Crippen molar-refractivity contribution in [3.63, 3.8) is 0 Å². The van der Waals surface area contributed by atoms with Gasteiger partial charge in [-0.1, -0.05) is 12.1 Å². The molecule has 2 rings (SSSR count). The predicted octanol–water partition coefficient (Wildman–Crippen LogP) is 2.25. The summed E-state index contributed by atoms with van der Waals surface area (Å²) in [6, 6.07) is 4.20. The summed E-state index contributed by atoms with van der Waals surface area (Å²) >= 11 is 1.75. The lowest BCUT2D eigenvalue weighted by Crippen LogP contribution is -2.18. The number of hydrogen-bond acceptors (Lipinski definition) is 3. The van der Waals surface area contributed by atoms with E-state index in [1.807, 2.05) is 0 Å². The highest BCUT2D eigenvalue weighted by Crippen LogP contribution is 2.61. The van der Waals surface area contributed by atoms with Gasteiger partial charge in [-0.3, -0.25) is 0 Å². The third-order valence-corrected chi connectivity index (χ3v) is 6.52. The fourth-order valence-corrected chi connectivity index (χ4v) is 4.89. The van der Waals surface area contributed by atoms with Crippen LogP contribution in [-0.4, -0.2) is 11.8 Å². The molecule has 1 aliphatic rings. The van der Waals surface area contributed by atoms with Crippen LogP contribution in [0.3, 0.4) is 0 Å². The maximum atomic E-state index is 5.85. The van der Waals surface area contributed by atoms with Crippen molar-refractivity contribution in [1.29, 1.82) is 0 Å². The molecule has 1 aromatic rings. The molecule has 4 heteroatoms. The van der Waals surface area contributed by atoms with Crippen LogP contribution in [0.2, 0.25) is 0 Å². The van der Waals surface area contributed by atoms with Crippen LogP contribution in [0.4, 0.5) is 0 Å². The molecule has 0 amide bonds. The molecule has 0 spiro atoms. The summed E-state index contributed by atoms with van der Waals surface area (Å²) < 4.78 is 0. The fourth-order valence-electron chi connectivity index (χ4n) is 1.55. The normalized spacial score (nSPS) is 20.9. The van der Waals surface area contributed by atoms with Gasteiger partial charge < -0.3 is 11.5 Å². The number of allylic oxidation sites excluding steroid dienone is 2. The smallest absolute Gasteiger partial charge is 0.0395 e. The van der Waals surface area contributed by atoms with Crippen molar-refractivity contribution in [2.45, 2.75) is 0 Å². The lowest BCUT2D eigenvalue weighted by atomic mass is 10.4. The standard InChI is InChI=1S/C10H14N2S2/c11-7-14(8-12)6-2-4-10(14)9-3-1-5-13-9/h1-6H,7-8,11-12H2. The van der Waals surface area contributed by atoms with E-state index in [-0.39, 0.29) is 0 Å². The van der Waals surface area contributed by atoms with Crippen LogP contribution >= 0.6 is 21.4 Å². The van der Waals surface area contributed by atoms with E-state index in [0.717, 1.165) is 0 Å². The third kappa shape index (κ3) is 1.44. The van der Waals surface area contributed by atoms with Crippen molar-refractivity contribution in [1.82, 2.24) is 0 Å². The molecule has 4 N–H and O–H groups in total. The largest absolute Gasteiger partial charge is 0.323 e. The first-order valence-electron chi connectivity index (χ1n) is 4.43. The summed E-state index contributed by atoms with van der Waals surface area (Å²) in [5, 5.41) is 4.29. The first kappa shape index (κ1) is 9.98. The van der Waals surface area contributed by atoms with Gasteiger partial charge in [-0.2, -0.15) is 10.0 Å². The van der Waals surface area contributed by atoms with Gasteiger partial charge in [0.05, 0.1) is 0 Å². The summed E-state index contributed by atoms with van der Waals surface area (Å²) in [5.41, 5.74) is 11.7. The molecule has 0 radical (unpaired) electrons. The topological polar surface area (TPSA) is 52.0 Å². The fraction of sp³-hybridized carbons (Fsp3) is 0.200. The Labute approximate surface area is 89.6 Å². The van der Waals surface area contributed by atoms with E-state index in [1.165, 1.54) is 9.78 Å². The highest BCUT2D eigenvalue weighted by atomic mass is 32.3. The second-order valence-corrected chi connectivity index (χ2v) is 7.33. The molecule has 0 saturated heterocycles. The number of nitrogens with two attached hydrogens (primary N) is 2. The average Bonchev–Trinajstić information content (AvgIpc) is 2.86. The van der Waals surface area contributed by atoms with Gasteiger partial charge in [-0.05, 0) is 22.9 Å². The van der Waals surface area contributed by atoms with E-state index in [4.69, 9.17) is 11.5 Å². The number of thiophene rings is 1. The average molecular weight is 226 g/mol. The van der Waals surface area contributed by atoms with Crippen LogP contribution in [0.25, 0.3) is 4.91 Å². The molecule has 2 nitrogen and oxygen atoms in total. The summed E-state index contributed by atoms with van der Waals surface area (Å²) in [4.78, 5) is 2.65. The van der Waals surface area contributed by atoms with Crippen LogP contribution in [0.1, 0.15) is 4.88 Å². The van der Waals surface area contributed by atoms with Crippen molar-refractivity contribution < 1.29 is 0 Å². The molecule has 1 aliphatic heterocycles. The molecular weight excluding hydrogens is 212 g/mol. The zero-order chi connectivity index (χ0) is 10.0. The monoisotopic (exact) mass is 226 g/mol. The van der Waals surface area contributed by atoms with Crippen molar-refractivity contribution in [2.24, 2.45) is 11.5 Å². The van der Waals surface area contributed by atoms with Gasteiger partial charge in [0.25, 0.3) is 0 Å². The second kappa shape index (κ2) is 3.90. The van der Waals surface area contributed by atoms with Gasteiger partial charge in [0.2, 0.25) is 0 Å². The molecule has 0 fully saturated rings. The van der Waals surface area contributed by atoms with Crippen LogP contribution in [0, 0.1) is 0 Å². The van der Waals surface area contributed by atoms with Crippen LogP contribution in [0.5, 0.6) is 0 Å². The quantitative estimate of drug-likeness (QED) is 0.830. The number of rotatable bonds is 3. The molecule has 0 unspecified atom stereocenters. The molecule has 1 aromatic heterocycles. The minimum Gasteiger partial charge on any atom is -0.323 e. The molecule has 0 aliphatic carbocycles. The van der Waals surface area contributed by atoms with Crippen LogP contribution in [0.15, 0.2) is 35.1 Å². The minimum atomic E-state index is -1.05. The minimum absolute atomic E-state index is 0.656. The summed E-state index contributed by atoms with van der Waals surface area (Å²) in [6.07, 6.45) is 4.24. The van der Waals surface area contributed by atoms with Gasteiger partial charge in [-0.25, -0.2) is 0 Å². The number of hydrogen-bond donors (Lipinski definition) is 2. The molecule has 0 atom stereocenters.